The van der Waals surface area contributed by atoms with Crippen LogP contribution >= 0.6 is 12.4 Å². The van der Waals surface area contributed by atoms with E-state index in [9.17, 15) is 4.79 Å². The Kier molecular flexibility index (Phi) is 6.39. The zero-order valence-corrected chi connectivity index (χ0v) is 13.0. The second-order valence-electron chi connectivity index (χ2n) is 5.27. The van der Waals surface area contributed by atoms with E-state index in [0.29, 0.717) is 12.3 Å². The number of rotatable bonds is 5. The van der Waals surface area contributed by atoms with Crippen LogP contribution in [0, 0.1) is 5.92 Å². The maximum Gasteiger partial charge on any atom is 0.241 e. The lowest BCUT2D eigenvalue weighted by Gasteiger charge is -2.14. The first-order chi connectivity index (χ1) is 9.56. The third-order valence-electron chi connectivity index (χ3n) is 3.03. The minimum Gasteiger partial charge on any atom is -0.325 e. The summed E-state index contributed by atoms with van der Waals surface area (Å²) in [7, 11) is 0. The molecule has 1 atom stereocenters. The Morgan fingerprint density at radius 2 is 1.95 bits per heavy atom. The number of H-pyrrole nitrogens is 1. The van der Waals surface area contributed by atoms with Crippen molar-refractivity contribution in [3.8, 4) is 11.3 Å². The van der Waals surface area contributed by atoms with E-state index in [1.165, 1.54) is 0 Å². The van der Waals surface area contributed by atoms with E-state index in [1.807, 2.05) is 44.2 Å². The number of nitrogens with zero attached hydrogens (tertiary/aromatic N) is 1. The predicted molar refractivity (Wildman–Crippen MR) is 87.3 cm³/mol. The Morgan fingerprint density at radius 1 is 1.29 bits per heavy atom. The number of hydrogen-bond donors (Lipinski definition) is 3. The second kappa shape index (κ2) is 7.81. The van der Waals surface area contributed by atoms with Crippen molar-refractivity contribution in [1.29, 1.82) is 0 Å². The van der Waals surface area contributed by atoms with Crippen molar-refractivity contribution in [3.63, 3.8) is 0 Å². The summed E-state index contributed by atoms with van der Waals surface area (Å²) < 4.78 is 0. The molecule has 0 radical (unpaired) electrons. The molecule has 2 rings (SSSR count). The van der Waals surface area contributed by atoms with Gasteiger partial charge in [-0.15, -0.1) is 12.4 Å². The van der Waals surface area contributed by atoms with Gasteiger partial charge in [0, 0.05) is 11.9 Å². The van der Waals surface area contributed by atoms with Gasteiger partial charge in [0.25, 0.3) is 0 Å². The monoisotopic (exact) mass is 308 g/mol. The molecule has 0 spiro atoms. The fourth-order valence-corrected chi connectivity index (χ4v) is 2.00. The molecule has 0 bridgehead atoms. The van der Waals surface area contributed by atoms with Crippen molar-refractivity contribution >= 4 is 24.0 Å². The highest BCUT2D eigenvalue weighted by Gasteiger charge is 2.14. The van der Waals surface area contributed by atoms with Crippen molar-refractivity contribution in [2.24, 2.45) is 11.7 Å². The summed E-state index contributed by atoms with van der Waals surface area (Å²) in [6.45, 7) is 4.10. The predicted octanol–water partition coefficient (Wildman–Crippen LogP) is 2.81. The molecule has 6 heteroatoms. The van der Waals surface area contributed by atoms with Crippen LogP contribution in [-0.4, -0.2) is 22.1 Å². The molecule has 1 heterocycles. The third-order valence-corrected chi connectivity index (χ3v) is 3.03. The minimum atomic E-state index is -0.470. The summed E-state index contributed by atoms with van der Waals surface area (Å²) in [5.74, 6) is 0.256. The topological polar surface area (TPSA) is 83.8 Å². The Balaban J connectivity index is 0.00000220. The minimum absolute atomic E-state index is 0. The second-order valence-corrected chi connectivity index (χ2v) is 5.27. The van der Waals surface area contributed by atoms with Gasteiger partial charge < -0.3 is 11.1 Å². The van der Waals surface area contributed by atoms with Crippen LogP contribution in [0.2, 0.25) is 0 Å². The van der Waals surface area contributed by atoms with Gasteiger partial charge in [0.05, 0.1) is 11.7 Å². The van der Waals surface area contributed by atoms with Crippen LogP contribution in [0.15, 0.2) is 36.5 Å². The van der Waals surface area contributed by atoms with Gasteiger partial charge >= 0.3 is 0 Å². The number of nitrogens with two attached hydrogens (primary N) is 1. The number of halogens is 1. The quantitative estimate of drug-likeness (QED) is 0.794. The molecule has 0 saturated heterocycles. The highest BCUT2D eigenvalue weighted by molar-refractivity contribution is 5.94. The number of nitrogens with one attached hydrogen (secondary N) is 2. The Hall–Kier alpha value is -1.85. The summed E-state index contributed by atoms with van der Waals surface area (Å²) in [5, 5.41) is 9.63. The number of aromatic nitrogens is 2. The maximum absolute atomic E-state index is 11.9. The van der Waals surface area contributed by atoms with Gasteiger partial charge in [-0.2, -0.15) is 5.10 Å². The van der Waals surface area contributed by atoms with E-state index in [4.69, 9.17) is 5.73 Å². The van der Waals surface area contributed by atoms with Gasteiger partial charge in [-0.05, 0) is 36.1 Å². The molecule has 4 N–H and O–H groups in total. The summed E-state index contributed by atoms with van der Waals surface area (Å²) in [5.41, 5.74) is 8.56. The van der Waals surface area contributed by atoms with Crippen molar-refractivity contribution < 1.29 is 4.79 Å². The van der Waals surface area contributed by atoms with Gasteiger partial charge in [0.15, 0.2) is 0 Å². The molecule has 21 heavy (non-hydrogen) atoms. The molecule has 0 fully saturated rings. The van der Waals surface area contributed by atoms with Crippen molar-refractivity contribution in [3.05, 3.63) is 36.5 Å². The first-order valence-corrected chi connectivity index (χ1v) is 6.72. The molecule has 1 aromatic carbocycles. The number of benzene rings is 1. The highest BCUT2D eigenvalue weighted by atomic mass is 35.5. The molecular formula is C15H21ClN4O. The zero-order valence-electron chi connectivity index (χ0n) is 12.2. The molecule has 5 nitrogen and oxygen atoms in total. The van der Waals surface area contributed by atoms with Gasteiger partial charge in [-0.25, -0.2) is 0 Å². The standard InChI is InChI=1S/C15H20N4O.ClH/c1-10(2)9-13(16)15(20)18-12-5-3-11(4-6-12)14-7-8-17-19-14;/h3-8,10,13H,9,16H2,1-2H3,(H,17,19)(H,18,20);1H/t13-;/m0./s1. The molecule has 2 aromatic rings. The maximum atomic E-state index is 11.9. The van der Waals surface area contributed by atoms with Gasteiger partial charge in [-0.1, -0.05) is 26.0 Å². The summed E-state index contributed by atoms with van der Waals surface area (Å²) >= 11 is 0. The molecule has 0 saturated carbocycles. The largest absolute Gasteiger partial charge is 0.325 e. The van der Waals surface area contributed by atoms with E-state index >= 15 is 0 Å². The molecule has 0 aliphatic rings. The molecule has 1 aromatic heterocycles. The average Bonchev–Trinajstić information content (AvgIpc) is 2.92. The zero-order chi connectivity index (χ0) is 14.5. The number of aromatic amines is 1. The van der Waals surface area contributed by atoms with Gasteiger partial charge in [-0.3, -0.25) is 9.89 Å². The Labute approximate surface area is 130 Å². The van der Waals surface area contributed by atoms with Crippen LogP contribution < -0.4 is 11.1 Å². The van der Waals surface area contributed by atoms with E-state index in [-0.39, 0.29) is 18.3 Å². The van der Waals surface area contributed by atoms with E-state index in [2.05, 4.69) is 15.5 Å². The lowest BCUT2D eigenvalue weighted by atomic mass is 10.0. The number of hydrogen-bond acceptors (Lipinski definition) is 3. The van der Waals surface area contributed by atoms with Crippen LogP contribution in [0.4, 0.5) is 5.69 Å². The van der Waals surface area contributed by atoms with Crippen LogP contribution in [0.1, 0.15) is 20.3 Å². The molecule has 114 valence electrons. The van der Waals surface area contributed by atoms with Crippen LogP contribution in [0.25, 0.3) is 11.3 Å². The van der Waals surface area contributed by atoms with Crippen molar-refractivity contribution in [1.82, 2.24) is 10.2 Å². The number of carbonyl (C=O) groups is 1. The smallest absolute Gasteiger partial charge is 0.241 e. The van der Waals surface area contributed by atoms with Crippen molar-refractivity contribution in [2.75, 3.05) is 5.32 Å². The molecular weight excluding hydrogens is 288 g/mol. The molecule has 0 unspecified atom stereocenters. The van der Waals surface area contributed by atoms with Crippen molar-refractivity contribution in [2.45, 2.75) is 26.3 Å². The first kappa shape index (κ1) is 17.2. The van der Waals surface area contributed by atoms with E-state index in [1.54, 1.807) is 6.20 Å². The normalized spacial score (nSPS) is 11.8. The van der Waals surface area contributed by atoms with Gasteiger partial charge in [0.1, 0.15) is 0 Å². The molecule has 1 amide bonds. The van der Waals surface area contributed by atoms with Gasteiger partial charge in [0.2, 0.25) is 5.91 Å². The van der Waals surface area contributed by atoms with E-state index < -0.39 is 6.04 Å². The first-order valence-electron chi connectivity index (χ1n) is 6.72. The van der Waals surface area contributed by atoms with Crippen LogP contribution in [0.3, 0.4) is 0 Å². The number of amides is 1. The fourth-order valence-electron chi connectivity index (χ4n) is 2.00. The SMILES string of the molecule is CC(C)C[C@H](N)C(=O)Nc1ccc(-c2ccn[nH]2)cc1.Cl. The van der Waals surface area contributed by atoms with E-state index in [0.717, 1.165) is 16.9 Å². The lowest BCUT2D eigenvalue weighted by Crippen LogP contribution is -2.36. The molecule has 0 aliphatic heterocycles. The fraction of sp³-hybridized carbons (Fsp3) is 0.333. The van der Waals surface area contributed by atoms with Crippen LogP contribution in [-0.2, 0) is 4.79 Å². The average molecular weight is 309 g/mol. The summed E-state index contributed by atoms with van der Waals surface area (Å²) in [4.78, 5) is 11.9. The lowest BCUT2D eigenvalue weighted by molar-refractivity contribution is -0.117. The third kappa shape index (κ3) is 4.88. The Morgan fingerprint density at radius 3 is 2.48 bits per heavy atom. The summed E-state index contributed by atoms with van der Waals surface area (Å²) in [6.07, 6.45) is 2.38. The van der Waals surface area contributed by atoms with Crippen LogP contribution in [0.5, 0.6) is 0 Å². The Bertz CT molecular complexity index is 552. The molecule has 0 aliphatic carbocycles. The summed E-state index contributed by atoms with van der Waals surface area (Å²) in [6, 6.07) is 8.99. The highest BCUT2D eigenvalue weighted by Crippen LogP contribution is 2.19. The number of anilines is 1. The number of carbonyl (C=O) groups excluding carboxylic acids is 1.